The molecule has 0 aromatic heterocycles. The standard InChI is InChI=1S/C25H23ClO/c1-3-25(2,21-14-16-22(26)17-15-21)18-8-10-20-9-7-13-24(19-20)27-23-11-5-4-6-12-23/h1,4-7,9,11-17,19H,8,10,18H2,2H3. The largest absolute Gasteiger partial charge is 0.457 e. The summed E-state index contributed by atoms with van der Waals surface area (Å²) >= 11 is 6.00. The average Bonchev–Trinajstić information content (AvgIpc) is 2.69. The van der Waals surface area contributed by atoms with Crippen molar-refractivity contribution in [2.75, 3.05) is 0 Å². The molecule has 3 rings (SSSR count). The number of ether oxygens (including phenoxy) is 1. The van der Waals surface area contributed by atoms with Crippen LogP contribution in [0.4, 0.5) is 0 Å². The first-order chi connectivity index (χ1) is 13.1. The van der Waals surface area contributed by atoms with Gasteiger partial charge in [-0.3, -0.25) is 0 Å². The van der Waals surface area contributed by atoms with Crippen LogP contribution in [0.5, 0.6) is 11.5 Å². The van der Waals surface area contributed by atoms with E-state index in [9.17, 15) is 0 Å². The Kier molecular flexibility index (Phi) is 6.22. The lowest BCUT2D eigenvalue weighted by atomic mass is 9.79. The molecule has 0 fully saturated rings. The molecule has 2 heteroatoms. The molecule has 0 aliphatic rings. The highest BCUT2D eigenvalue weighted by molar-refractivity contribution is 6.30. The molecule has 0 aliphatic carbocycles. The molecular weight excluding hydrogens is 352 g/mol. The van der Waals surface area contributed by atoms with Crippen molar-refractivity contribution in [3.63, 3.8) is 0 Å². The van der Waals surface area contributed by atoms with Crippen LogP contribution in [0.1, 0.15) is 30.9 Å². The Morgan fingerprint density at radius 1 is 0.926 bits per heavy atom. The lowest BCUT2D eigenvalue weighted by molar-refractivity contribution is 0.481. The Balaban J connectivity index is 1.62. The monoisotopic (exact) mass is 374 g/mol. The molecule has 27 heavy (non-hydrogen) atoms. The molecule has 0 bridgehead atoms. The van der Waals surface area contributed by atoms with Crippen LogP contribution in [-0.4, -0.2) is 0 Å². The first kappa shape index (κ1) is 19.1. The fourth-order valence-corrected chi connectivity index (χ4v) is 3.28. The van der Waals surface area contributed by atoms with Crippen LogP contribution in [0.2, 0.25) is 5.02 Å². The normalized spacial score (nSPS) is 12.8. The second-order valence-corrected chi connectivity index (χ2v) is 7.34. The summed E-state index contributed by atoms with van der Waals surface area (Å²) in [4.78, 5) is 0. The van der Waals surface area contributed by atoms with E-state index >= 15 is 0 Å². The van der Waals surface area contributed by atoms with E-state index in [1.165, 1.54) is 5.56 Å². The molecule has 0 saturated heterocycles. The van der Waals surface area contributed by atoms with Gasteiger partial charge in [-0.1, -0.05) is 60.0 Å². The molecule has 0 aliphatic heterocycles. The van der Waals surface area contributed by atoms with Gasteiger partial charge in [0, 0.05) is 5.02 Å². The summed E-state index contributed by atoms with van der Waals surface area (Å²) in [6.45, 7) is 2.12. The molecular formula is C25H23ClO. The molecule has 1 unspecified atom stereocenters. The molecule has 0 heterocycles. The summed E-state index contributed by atoms with van der Waals surface area (Å²) in [6.07, 6.45) is 8.73. The van der Waals surface area contributed by atoms with Crippen LogP contribution >= 0.6 is 11.6 Å². The highest BCUT2D eigenvalue weighted by atomic mass is 35.5. The molecule has 3 aromatic rings. The summed E-state index contributed by atoms with van der Waals surface area (Å²) in [6, 6.07) is 25.9. The Bertz CT molecular complexity index is 909. The summed E-state index contributed by atoms with van der Waals surface area (Å²) < 4.78 is 5.92. The molecule has 1 atom stereocenters. The van der Waals surface area contributed by atoms with Crippen molar-refractivity contribution in [1.29, 1.82) is 0 Å². The second-order valence-electron chi connectivity index (χ2n) is 6.90. The van der Waals surface area contributed by atoms with Gasteiger partial charge in [-0.25, -0.2) is 0 Å². The van der Waals surface area contributed by atoms with Crippen LogP contribution in [0, 0.1) is 12.3 Å². The predicted octanol–water partition coefficient (Wildman–Crippen LogP) is 7.05. The van der Waals surface area contributed by atoms with E-state index in [2.05, 4.69) is 25.0 Å². The number of benzene rings is 3. The van der Waals surface area contributed by atoms with Gasteiger partial charge >= 0.3 is 0 Å². The van der Waals surface area contributed by atoms with Crippen molar-refractivity contribution in [3.8, 4) is 23.8 Å². The van der Waals surface area contributed by atoms with Crippen LogP contribution in [0.25, 0.3) is 0 Å². The van der Waals surface area contributed by atoms with Crippen LogP contribution in [-0.2, 0) is 11.8 Å². The molecule has 0 spiro atoms. The van der Waals surface area contributed by atoms with Crippen LogP contribution in [0.15, 0.2) is 78.9 Å². The van der Waals surface area contributed by atoms with Gasteiger partial charge in [0.1, 0.15) is 11.5 Å². The summed E-state index contributed by atoms with van der Waals surface area (Å²) in [5.41, 5.74) is 2.09. The first-order valence-electron chi connectivity index (χ1n) is 9.15. The Labute approximate surface area is 167 Å². The third-order valence-corrected chi connectivity index (χ3v) is 5.07. The first-order valence-corrected chi connectivity index (χ1v) is 9.52. The Hall–Kier alpha value is -2.69. The number of hydrogen-bond donors (Lipinski definition) is 0. The number of terminal acetylenes is 1. The molecule has 136 valence electrons. The molecule has 0 N–H and O–H groups in total. The molecule has 0 amide bonds. The summed E-state index contributed by atoms with van der Waals surface area (Å²) in [7, 11) is 0. The van der Waals surface area contributed by atoms with E-state index in [0.717, 1.165) is 41.3 Å². The van der Waals surface area contributed by atoms with Crippen LogP contribution < -0.4 is 4.74 Å². The van der Waals surface area contributed by atoms with E-state index in [1.807, 2.05) is 66.7 Å². The minimum absolute atomic E-state index is 0.289. The van der Waals surface area contributed by atoms with Crippen molar-refractivity contribution in [1.82, 2.24) is 0 Å². The maximum Gasteiger partial charge on any atom is 0.127 e. The lowest BCUT2D eigenvalue weighted by Crippen LogP contribution is -2.19. The van der Waals surface area contributed by atoms with Gasteiger partial charge in [0.2, 0.25) is 0 Å². The summed E-state index contributed by atoms with van der Waals surface area (Å²) in [5, 5.41) is 0.730. The van der Waals surface area contributed by atoms with Gasteiger partial charge < -0.3 is 4.74 Å². The van der Waals surface area contributed by atoms with Gasteiger partial charge in [-0.2, -0.15) is 0 Å². The zero-order valence-corrected chi connectivity index (χ0v) is 16.2. The maximum atomic E-state index is 6.00. The Morgan fingerprint density at radius 3 is 2.33 bits per heavy atom. The maximum absolute atomic E-state index is 6.00. The topological polar surface area (TPSA) is 9.23 Å². The van der Waals surface area contributed by atoms with Gasteiger partial charge in [-0.15, -0.1) is 6.42 Å². The van der Waals surface area contributed by atoms with E-state index in [0.29, 0.717) is 0 Å². The number of para-hydroxylation sites is 1. The van der Waals surface area contributed by atoms with Gasteiger partial charge in [0.15, 0.2) is 0 Å². The minimum Gasteiger partial charge on any atom is -0.457 e. The smallest absolute Gasteiger partial charge is 0.127 e. The fourth-order valence-electron chi connectivity index (χ4n) is 3.15. The summed E-state index contributed by atoms with van der Waals surface area (Å²) in [5.74, 6) is 4.68. The van der Waals surface area contributed by atoms with Gasteiger partial charge in [-0.05, 0) is 73.7 Å². The van der Waals surface area contributed by atoms with E-state index in [-0.39, 0.29) is 5.41 Å². The number of halogens is 1. The minimum atomic E-state index is -0.289. The third-order valence-electron chi connectivity index (χ3n) is 4.82. The van der Waals surface area contributed by atoms with E-state index in [1.54, 1.807) is 0 Å². The highest BCUT2D eigenvalue weighted by Gasteiger charge is 2.23. The molecule has 3 aromatic carbocycles. The predicted molar refractivity (Wildman–Crippen MR) is 114 cm³/mol. The molecule has 0 saturated carbocycles. The van der Waals surface area contributed by atoms with Crippen molar-refractivity contribution < 1.29 is 4.74 Å². The number of hydrogen-bond acceptors (Lipinski definition) is 1. The average molecular weight is 375 g/mol. The lowest BCUT2D eigenvalue weighted by Gasteiger charge is -2.24. The quantitative estimate of drug-likeness (QED) is 0.403. The molecule has 0 radical (unpaired) electrons. The fraction of sp³-hybridized carbons (Fsp3) is 0.200. The van der Waals surface area contributed by atoms with E-state index in [4.69, 9.17) is 22.8 Å². The highest BCUT2D eigenvalue weighted by Crippen LogP contribution is 2.30. The number of rotatable bonds is 7. The van der Waals surface area contributed by atoms with Crippen molar-refractivity contribution in [2.24, 2.45) is 0 Å². The SMILES string of the molecule is C#CC(C)(CCCc1cccc(Oc2ccccc2)c1)c1ccc(Cl)cc1. The van der Waals surface area contributed by atoms with E-state index < -0.39 is 0 Å². The third kappa shape index (κ3) is 5.16. The van der Waals surface area contributed by atoms with Crippen molar-refractivity contribution in [2.45, 2.75) is 31.6 Å². The van der Waals surface area contributed by atoms with Crippen molar-refractivity contribution in [3.05, 3.63) is 95.0 Å². The van der Waals surface area contributed by atoms with Crippen molar-refractivity contribution >= 4 is 11.6 Å². The van der Waals surface area contributed by atoms with Gasteiger partial charge in [0.05, 0.1) is 5.41 Å². The Morgan fingerprint density at radius 2 is 1.63 bits per heavy atom. The molecule has 1 nitrogen and oxygen atoms in total. The second kappa shape index (κ2) is 8.80. The zero-order chi connectivity index (χ0) is 19.1. The van der Waals surface area contributed by atoms with Gasteiger partial charge in [0.25, 0.3) is 0 Å². The zero-order valence-electron chi connectivity index (χ0n) is 15.5. The van der Waals surface area contributed by atoms with Crippen LogP contribution in [0.3, 0.4) is 0 Å². The number of aryl methyl sites for hydroxylation is 1.